The fraction of sp³-hybridized carbons (Fsp3) is 0.250. The number of hydrogen-bond acceptors (Lipinski definition) is 5. The third-order valence-electron chi connectivity index (χ3n) is 3.75. The molecule has 0 aliphatic carbocycles. The lowest BCUT2D eigenvalue weighted by atomic mass is 10.2. The van der Waals surface area contributed by atoms with E-state index in [-0.39, 0.29) is 18.9 Å². The monoisotopic (exact) mass is 403 g/mol. The predicted molar refractivity (Wildman–Crippen MR) is 109 cm³/mol. The molecule has 0 unspecified atom stereocenters. The number of aryl methyl sites for hydroxylation is 1. The Kier molecular flexibility index (Phi) is 7.83. The van der Waals surface area contributed by atoms with Crippen LogP contribution in [0.3, 0.4) is 0 Å². The second-order valence-electron chi connectivity index (χ2n) is 6.07. The SMILES string of the molecule is COc1ccc(COC(=O)N/N=C(/C)CC(=O)Nc2ccc(Cl)cc2C)cc1. The highest BCUT2D eigenvalue weighted by molar-refractivity contribution is 6.30. The summed E-state index contributed by atoms with van der Waals surface area (Å²) in [5.74, 6) is 0.473. The zero-order chi connectivity index (χ0) is 20.5. The summed E-state index contributed by atoms with van der Waals surface area (Å²) in [6, 6.07) is 12.3. The minimum atomic E-state index is -0.705. The Morgan fingerprint density at radius 1 is 1.14 bits per heavy atom. The van der Waals surface area contributed by atoms with Gasteiger partial charge in [-0.15, -0.1) is 0 Å². The van der Waals surface area contributed by atoms with E-state index in [9.17, 15) is 9.59 Å². The number of amides is 2. The van der Waals surface area contributed by atoms with E-state index in [4.69, 9.17) is 21.1 Å². The van der Waals surface area contributed by atoms with Gasteiger partial charge < -0.3 is 14.8 Å². The molecule has 2 N–H and O–H groups in total. The summed E-state index contributed by atoms with van der Waals surface area (Å²) < 4.78 is 10.1. The van der Waals surface area contributed by atoms with Crippen molar-refractivity contribution in [3.05, 3.63) is 58.6 Å². The van der Waals surface area contributed by atoms with Crippen molar-refractivity contribution < 1.29 is 19.1 Å². The van der Waals surface area contributed by atoms with Crippen LogP contribution in [-0.4, -0.2) is 24.8 Å². The molecule has 0 saturated carbocycles. The van der Waals surface area contributed by atoms with Crippen LogP contribution >= 0.6 is 11.6 Å². The van der Waals surface area contributed by atoms with Crippen LogP contribution < -0.4 is 15.5 Å². The maximum Gasteiger partial charge on any atom is 0.428 e. The van der Waals surface area contributed by atoms with Crippen LogP contribution in [0.5, 0.6) is 5.75 Å². The molecule has 0 aliphatic heterocycles. The van der Waals surface area contributed by atoms with Gasteiger partial charge in [0.25, 0.3) is 0 Å². The summed E-state index contributed by atoms with van der Waals surface area (Å²) in [7, 11) is 1.58. The van der Waals surface area contributed by atoms with E-state index in [1.54, 1.807) is 56.5 Å². The second-order valence-corrected chi connectivity index (χ2v) is 6.50. The van der Waals surface area contributed by atoms with Crippen molar-refractivity contribution in [2.24, 2.45) is 5.10 Å². The quantitative estimate of drug-likeness (QED) is 0.533. The van der Waals surface area contributed by atoms with Gasteiger partial charge in [0.1, 0.15) is 12.4 Å². The first-order valence-corrected chi connectivity index (χ1v) is 8.90. The number of ether oxygens (including phenoxy) is 2. The summed E-state index contributed by atoms with van der Waals surface area (Å²) >= 11 is 5.90. The van der Waals surface area contributed by atoms with Gasteiger partial charge in [0.2, 0.25) is 5.91 Å². The Balaban J connectivity index is 1.77. The molecule has 0 saturated heterocycles. The Morgan fingerprint density at radius 3 is 2.50 bits per heavy atom. The topological polar surface area (TPSA) is 89.0 Å². The molecule has 0 aromatic heterocycles. The predicted octanol–water partition coefficient (Wildman–Crippen LogP) is 4.29. The van der Waals surface area contributed by atoms with Gasteiger partial charge in [-0.3, -0.25) is 4.79 Å². The number of rotatable bonds is 7. The highest BCUT2D eigenvalue weighted by Crippen LogP contribution is 2.19. The van der Waals surface area contributed by atoms with Gasteiger partial charge in [-0.25, -0.2) is 10.2 Å². The van der Waals surface area contributed by atoms with E-state index >= 15 is 0 Å². The Morgan fingerprint density at radius 2 is 1.86 bits per heavy atom. The molecule has 2 aromatic rings. The van der Waals surface area contributed by atoms with Crippen LogP contribution in [0.1, 0.15) is 24.5 Å². The maximum atomic E-state index is 12.1. The van der Waals surface area contributed by atoms with Crippen LogP contribution in [0, 0.1) is 6.92 Å². The molecule has 2 rings (SSSR count). The molecule has 2 aromatic carbocycles. The fourth-order valence-corrected chi connectivity index (χ4v) is 2.50. The Hall–Kier alpha value is -3.06. The highest BCUT2D eigenvalue weighted by atomic mass is 35.5. The summed E-state index contributed by atoms with van der Waals surface area (Å²) in [5.41, 5.74) is 5.05. The standard InChI is InChI=1S/C20H22ClN3O4/c1-13-10-16(21)6-9-18(13)22-19(25)11-14(2)23-24-20(26)28-12-15-4-7-17(27-3)8-5-15/h4-10H,11-12H2,1-3H3,(H,22,25)(H,24,26)/b23-14-. The van der Waals surface area contributed by atoms with Gasteiger partial charge in [-0.2, -0.15) is 5.10 Å². The first-order chi connectivity index (χ1) is 13.4. The van der Waals surface area contributed by atoms with Gasteiger partial charge in [0, 0.05) is 16.4 Å². The number of halogens is 1. The van der Waals surface area contributed by atoms with Crippen molar-refractivity contribution in [3.63, 3.8) is 0 Å². The van der Waals surface area contributed by atoms with Crippen molar-refractivity contribution in [2.75, 3.05) is 12.4 Å². The minimum Gasteiger partial charge on any atom is -0.497 e. The first kappa shape index (κ1) is 21.2. The first-order valence-electron chi connectivity index (χ1n) is 8.52. The average Bonchev–Trinajstić information content (AvgIpc) is 2.67. The van der Waals surface area contributed by atoms with E-state index in [0.29, 0.717) is 16.4 Å². The normalized spacial score (nSPS) is 10.9. The zero-order valence-electron chi connectivity index (χ0n) is 15.9. The number of methoxy groups -OCH3 is 1. The van der Waals surface area contributed by atoms with E-state index < -0.39 is 6.09 Å². The molecule has 7 nitrogen and oxygen atoms in total. The zero-order valence-corrected chi connectivity index (χ0v) is 16.7. The van der Waals surface area contributed by atoms with Crippen LogP contribution in [-0.2, 0) is 16.1 Å². The average molecular weight is 404 g/mol. The van der Waals surface area contributed by atoms with E-state index in [0.717, 1.165) is 16.9 Å². The van der Waals surface area contributed by atoms with Crippen molar-refractivity contribution in [3.8, 4) is 5.75 Å². The highest BCUT2D eigenvalue weighted by Gasteiger charge is 2.08. The number of carbonyl (C=O) groups is 2. The molecule has 0 radical (unpaired) electrons. The Labute approximate surface area is 168 Å². The number of nitrogens with one attached hydrogen (secondary N) is 2. The van der Waals surface area contributed by atoms with E-state index in [2.05, 4.69) is 15.8 Å². The molecule has 0 aliphatic rings. The van der Waals surface area contributed by atoms with Gasteiger partial charge in [0.05, 0.1) is 13.5 Å². The third kappa shape index (κ3) is 6.92. The third-order valence-corrected chi connectivity index (χ3v) is 3.98. The maximum absolute atomic E-state index is 12.1. The lowest BCUT2D eigenvalue weighted by Gasteiger charge is -2.09. The largest absolute Gasteiger partial charge is 0.497 e. The number of hydrazone groups is 1. The summed E-state index contributed by atoms with van der Waals surface area (Å²) in [6.07, 6.45) is -0.676. The number of hydrogen-bond donors (Lipinski definition) is 2. The van der Waals surface area contributed by atoms with Crippen LogP contribution in [0.15, 0.2) is 47.6 Å². The van der Waals surface area contributed by atoms with E-state index in [1.165, 1.54) is 0 Å². The lowest BCUT2D eigenvalue weighted by Crippen LogP contribution is -2.22. The number of nitrogens with zero attached hydrogens (tertiary/aromatic N) is 1. The van der Waals surface area contributed by atoms with Crippen molar-refractivity contribution in [1.82, 2.24) is 5.43 Å². The molecule has 0 atom stereocenters. The molecule has 28 heavy (non-hydrogen) atoms. The fourth-order valence-electron chi connectivity index (χ4n) is 2.28. The summed E-state index contributed by atoms with van der Waals surface area (Å²) in [4.78, 5) is 23.8. The second kappa shape index (κ2) is 10.3. The number of benzene rings is 2. The van der Waals surface area contributed by atoms with Gasteiger partial charge >= 0.3 is 6.09 Å². The molecular formula is C20H22ClN3O4. The van der Waals surface area contributed by atoms with Crippen LogP contribution in [0.2, 0.25) is 5.02 Å². The molecule has 148 valence electrons. The minimum absolute atomic E-state index is 0.0286. The summed E-state index contributed by atoms with van der Waals surface area (Å²) in [6.45, 7) is 3.58. The molecule has 0 spiro atoms. The number of anilines is 1. The van der Waals surface area contributed by atoms with Crippen molar-refractivity contribution in [1.29, 1.82) is 0 Å². The van der Waals surface area contributed by atoms with Crippen LogP contribution in [0.25, 0.3) is 0 Å². The van der Waals surface area contributed by atoms with Crippen molar-refractivity contribution in [2.45, 2.75) is 26.9 Å². The number of carbonyl (C=O) groups excluding carboxylic acids is 2. The molecule has 0 heterocycles. The van der Waals surface area contributed by atoms with Gasteiger partial charge in [-0.05, 0) is 55.3 Å². The van der Waals surface area contributed by atoms with E-state index in [1.807, 2.05) is 6.92 Å². The smallest absolute Gasteiger partial charge is 0.428 e. The van der Waals surface area contributed by atoms with Gasteiger partial charge in [-0.1, -0.05) is 23.7 Å². The molecule has 0 fully saturated rings. The molecule has 8 heteroatoms. The lowest BCUT2D eigenvalue weighted by molar-refractivity contribution is -0.115. The van der Waals surface area contributed by atoms with Crippen LogP contribution in [0.4, 0.5) is 10.5 Å². The molecular weight excluding hydrogens is 382 g/mol. The summed E-state index contributed by atoms with van der Waals surface area (Å²) in [5, 5.41) is 7.25. The van der Waals surface area contributed by atoms with Crippen molar-refractivity contribution >= 4 is 35.0 Å². The molecule has 2 amide bonds. The molecule has 0 bridgehead atoms. The Bertz CT molecular complexity index is 866. The van der Waals surface area contributed by atoms with Gasteiger partial charge in [0.15, 0.2) is 0 Å².